The second-order valence-electron chi connectivity index (χ2n) is 6.58. The summed E-state index contributed by atoms with van der Waals surface area (Å²) in [7, 11) is 3.78. The molecule has 7 heteroatoms. The summed E-state index contributed by atoms with van der Waals surface area (Å²) in [5, 5.41) is 3.97. The normalized spacial score (nSPS) is 15.4. The molecule has 0 radical (unpaired) electrons. The van der Waals surface area contributed by atoms with Gasteiger partial charge in [-0.1, -0.05) is 17.7 Å². The molecule has 134 valence electrons. The molecule has 1 aromatic heterocycles. The molecule has 0 unspecified atom stereocenters. The van der Waals surface area contributed by atoms with Gasteiger partial charge < -0.3 is 14.3 Å². The molecule has 0 atom stereocenters. The molecule has 3 rings (SSSR count). The Morgan fingerprint density at radius 3 is 2.56 bits per heavy atom. The van der Waals surface area contributed by atoms with Gasteiger partial charge in [0.15, 0.2) is 0 Å². The molecule has 1 aromatic carbocycles. The predicted octanol–water partition coefficient (Wildman–Crippen LogP) is 2.94. The fourth-order valence-electron chi connectivity index (χ4n) is 2.82. The molecule has 2 aromatic rings. The third-order valence-corrected chi connectivity index (χ3v) is 5.41. The fourth-order valence-corrected chi connectivity index (χ4v) is 3.62. The number of aromatic nitrogens is 2. The van der Waals surface area contributed by atoms with Gasteiger partial charge >= 0.3 is 0 Å². The molecular weight excluding hydrogens is 336 g/mol. The largest absolute Gasteiger partial charge is 0.344 e. The van der Waals surface area contributed by atoms with E-state index < -0.39 is 0 Å². The summed E-state index contributed by atoms with van der Waals surface area (Å²) in [6.07, 6.45) is 1.74. The molecule has 0 aliphatic carbocycles. The van der Waals surface area contributed by atoms with Crippen LogP contribution in [0.25, 0.3) is 0 Å². The number of hydrogen-bond donors (Lipinski definition) is 0. The molecule has 1 aliphatic heterocycles. The van der Waals surface area contributed by atoms with Crippen LogP contribution in [0.3, 0.4) is 0 Å². The first-order valence-electron chi connectivity index (χ1n) is 8.51. The van der Waals surface area contributed by atoms with Crippen LogP contribution in [0.2, 0.25) is 0 Å². The summed E-state index contributed by atoms with van der Waals surface area (Å²) in [6.45, 7) is 3.56. The summed E-state index contributed by atoms with van der Waals surface area (Å²) in [6, 6.07) is 8.28. The molecule has 1 aliphatic rings. The Bertz CT molecular complexity index is 706. The smallest absolute Gasteiger partial charge is 0.265 e. The maximum atomic E-state index is 12.4. The average molecular weight is 360 g/mol. The minimum absolute atomic E-state index is 0.198. The van der Waals surface area contributed by atoms with Gasteiger partial charge in [-0.3, -0.25) is 4.79 Å². The Hall–Kier alpha value is -2.02. The van der Waals surface area contributed by atoms with E-state index in [9.17, 15) is 4.79 Å². The van der Waals surface area contributed by atoms with Gasteiger partial charge in [-0.2, -0.15) is 4.98 Å². The van der Waals surface area contributed by atoms with Crippen LogP contribution < -0.4 is 4.90 Å². The van der Waals surface area contributed by atoms with Crippen molar-refractivity contribution in [3.63, 3.8) is 0 Å². The standard InChI is InChI=1S/C18H24N4O2S/c1-13-4-6-15(7-5-13)25-12-16(23)22-10-8-14(9-11-22)17-19-18(20-24-17)21(2)3/h4-7,14H,8-12H2,1-3H3. The molecule has 0 spiro atoms. The van der Waals surface area contributed by atoms with E-state index >= 15 is 0 Å². The Kier molecular flexibility index (Phi) is 5.63. The first kappa shape index (κ1) is 17.8. The van der Waals surface area contributed by atoms with Crippen LogP contribution >= 0.6 is 11.8 Å². The third kappa shape index (κ3) is 4.54. The molecule has 0 N–H and O–H groups in total. The van der Waals surface area contributed by atoms with Gasteiger partial charge in [0.2, 0.25) is 11.8 Å². The van der Waals surface area contributed by atoms with E-state index in [0.717, 1.165) is 30.8 Å². The zero-order valence-electron chi connectivity index (χ0n) is 14.9. The number of anilines is 1. The van der Waals surface area contributed by atoms with E-state index in [1.54, 1.807) is 11.8 Å². The van der Waals surface area contributed by atoms with Crippen LogP contribution in [0.1, 0.15) is 30.2 Å². The van der Waals surface area contributed by atoms with Gasteiger partial charge in [-0.25, -0.2) is 0 Å². The lowest BCUT2D eigenvalue weighted by Gasteiger charge is -2.30. The average Bonchev–Trinajstić information content (AvgIpc) is 3.11. The molecule has 1 amide bonds. The molecule has 2 heterocycles. The van der Waals surface area contributed by atoms with E-state index in [1.807, 2.05) is 23.9 Å². The lowest BCUT2D eigenvalue weighted by Crippen LogP contribution is -2.39. The highest BCUT2D eigenvalue weighted by molar-refractivity contribution is 8.00. The van der Waals surface area contributed by atoms with Crippen molar-refractivity contribution in [2.24, 2.45) is 0 Å². The van der Waals surface area contributed by atoms with Crippen LogP contribution in [-0.2, 0) is 4.79 Å². The highest BCUT2D eigenvalue weighted by Crippen LogP contribution is 2.28. The van der Waals surface area contributed by atoms with Crippen molar-refractivity contribution < 1.29 is 9.32 Å². The third-order valence-electron chi connectivity index (χ3n) is 4.41. The zero-order chi connectivity index (χ0) is 17.8. The summed E-state index contributed by atoms with van der Waals surface area (Å²) in [5.74, 6) is 2.21. The number of thioether (sulfide) groups is 1. The lowest BCUT2D eigenvalue weighted by molar-refractivity contribution is -0.129. The number of amides is 1. The van der Waals surface area contributed by atoms with Crippen LogP contribution in [-0.4, -0.2) is 53.9 Å². The van der Waals surface area contributed by atoms with Crippen molar-refractivity contribution in [3.05, 3.63) is 35.7 Å². The van der Waals surface area contributed by atoms with Crippen molar-refractivity contribution in [2.75, 3.05) is 37.8 Å². The second kappa shape index (κ2) is 7.91. The van der Waals surface area contributed by atoms with Crippen LogP contribution in [0.15, 0.2) is 33.7 Å². The number of rotatable bonds is 5. The van der Waals surface area contributed by atoms with E-state index in [2.05, 4.69) is 41.3 Å². The van der Waals surface area contributed by atoms with Gasteiger partial charge in [0.05, 0.1) is 5.75 Å². The van der Waals surface area contributed by atoms with Gasteiger partial charge in [-0.05, 0) is 37.1 Å². The van der Waals surface area contributed by atoms with Crippen LogP contribution in [0.5, 0.6) is 0 Å². The Balaban J connectivity index is 1.47. The highest BCUT2D eigenvalue weighted by Gasteiger charge is 2.27. The molecule has 25 heavy (non-hydrogen) atoms. The quantitative estimate of drug-likeness (QED) is 0.764. The van der Waals surface area contributed by atoms with Crippen molar-refractivity contribution in [1.82, 2.24) is 15.0 Å². The number of aryl methyl sites for hydroxylation is 1. The molecule has 1 fully saturated rings. The van der Waals surface area contributed by atoms with Gasteiger partial charge in [-0.15, -0.1) is 11.8 Å². The van der Waals surface area contributed by atoms with Crippen molar-refractivity contribution in [3.8, 4) is 0 Å². The minimum Gasteiger partial charge on any atom is -0.344 e. The Morgan fingerprint density at radius 2 is 1.96 bits per heavy atom. The number of likely N-dealkylation sites (tertiary alicyclic amines) is 1. The maximum absolute atomic E-state index is 12.4. The van der Waals surface area contributed by atoms with Crippen molar-refractivity contribution in [1.29, 1.82) is 0 Å². The lowest BCUT2D eigenvalue weighted by atomic mass is 9.97. The number of benzene rings is 1. The summed E-state index contributed by atoms with van der Waals surface area (Å²) in [5.41, 5.74) is 1.23. The Morgan fingerprint density at radius 1 is 1.28 bits per heavy atom. The first-order chi connectivity index (χ1) is 12.0. The summed E-state index contributed by atoms with van der Waals surface area (Å²) in [4.78, 5) is 21.8. The number of hydrogen-bond acceptors (Lipinski definition) is 6. The van der Waals surface area contributed by atoms with Crippen LogP contribution in [0.4, 0.5) is 5.95 Å². The van der Waals surface area contributed by atoms with E-state index in [4.69, 9.17) is 4.52 Å². The van der Waals surface area contributed by atoms with Gasteiger partial charge in [0.1, 0.15) is 0 Å². The Labute approximate surface area is 152 Å². The second-order valence-corrected chi connectivity index (χ2v) is 7.63. The van der Waals surface area contributed by atoms with Crippen molar-refractivity contribution >= 4 is 23.6 Å². The van der Waals surface area contributed by atoms with Gasteiger partial charge in [0, 0.05) is 38.0 Å². The van der Waals surface area contributed by atoms with E-state index in [0.29, 0.717) is 17.6 Å². The van der Waals surface area contributed by atoms with Crippen LogP contribution in [0, 0.1) is 6.92 Å². The highest BCUT2D eigenvalue weighted by atomic mass is 32.2. The number of carbonyl (C=O) groups is 1. The molecule has 0 saturated carbocycles. The topological polar surface area (TPSA) is 62.5 Å². The van der Waals surface area contributed by atoms with Crippen molar-refractivity contribution in [2.45, 2.75) is 30.6 Å². The number of carbonyl (C=O) groups excluding carboxylic acids is 1. The van der Waals surface area contributed by atoms with Gasteiger partial charge in [0.25, 0.3) is 5.95 Å². The molecule has 1 saturated heterocycles. The van der Waals surface area contributed by atoms with E-state index in [1.165, 1.54) is 5.56 Å². The predicted molar refractivity (Wildman–Crippen MR) is 99.1 cm³/mol. The maximum Gasteiger partial charge on any atom is 0.265 e. The number of nitrogens with zero attached hydrogens (tertiary/aromatic N) is 4. The first-order valence-corrected chi connectivity index (χ1v) is 9.49. The monoisotopic (exact) mass is 360 g/mol. The summed E-state index contributed by atoms with van der Waals surface area (Å²) >= 11 is 1.60. The van der Waals surface area contributed by atoms with E-state index in [-0.39, 0.29) is 11.8 Å². The fraction of sp³-hybridized carbons (Fsp3) is 0.500. The molecule has 0 bridgehead atoms. The summed E-state index contributed by atoms with van der Waals surface area (Å²) < 4.78 is 5.37. The minimum atomic E-state index is 0.198. The number of piperidine rings is 1. The SMILES string of the molecule is Cc1ccc(SCC(=O)N2CCC(c3nc(N(C)C)no3)CC2)cc1. The zero-order valence-corrected chi connectivity index (χ0v) is 15.8. The molecular formula is C18H24N4O2S. The molecule has 6 nitrogen and oxygen atoms in total.